The topological polar surface area (TPSA) is 88.7 Å². The van der Waals surface area contributed by atoms with Gasteiger partial charge in [-0.2, -0.15) is 0 Å². The van der Waals surface area contributed by atoms with E-state index in [-0.39, 0.29) is 24.2 Å². The summed E-state index contributed by atoms with van der Waals surface area (Å²) in [6.45, 7) is 3.58. The number of amides is 1. The minimum atomic E-state index is -4.74. The molecular weight excluding hydrogens is 313 g/mol. The van der Waals surface area contributed by atoms with E-state index in [4.69, 9.17) is 5.73 Å². The fourth-order valence-corrected chi connectivity index (χ4v) is 1.62. The van der Waals surface area contributed by atoms with E-state index in [1.165, 1.54) is 19.2 Å². The first kappa shape index (κ1) is 18.6. The molecule has 0 bridgehead atoms. The van der Waals surface area contributed by atoms with Gasteiger partial charge in [-0.05, 0) is 38.1 Å². The highest BCUT2D eigenvalue weighted by atomic mass is 19.4. The quantitative estimate of drug-likeness (QED) is 0.569. The molecule has 1 amide bonds. The summed E-state index contributed by atoms with van der Waals surface area (Å²) in [6, 6.07) is 5.04. The molecule has 0 saturated heterocycles. The van der Waals surface area contributed by atoms with Crippen LogP contribution in [0.15, 0.2) is 29.3 Å². The summed E-state index contributed by atoms with van der Waals surface area (Å²) in [5.74, 6) is -0.464. The average Bonchev–Trinajstić information content (AvgIpc) is 2.45. The fourth-order valence-electron chi connectivity index (χ4n) is 1.62. The van der Waals surface area contributed by atoms with Gasteiger partial charge in [0.2, 0.25) is 5.91 Å². The lowest BCUT2D eigenvalue weighted by Gasteiger charge is -2.20. The number of ether oxygens (including phenoxy) is 1. The zero-order valence-electron chi connectivity index (χ0n) is 13.0. The Morgan fingerprint density at radius 3 is 2.30 bits per heavy atom. The van der Waals surface area contributed by atoms with E-state index in [2.05, 4.69) is 20.4 Å². The molecule has 6 nitrogen and oxygen atoms in total. The number of aliphatic imine (C=N–C) groups is 1. The Labute approximate surface area is 131 Å². The van der Waals surface area contributed by atoms with Gasteiger partial charge >= 0.3 is 6.36 Å². The lowest BCUT2D eigenvalue weighted by atomic mass is 9.93. The summed E-state index contributed by atoms with van der Waals surface area (Å²) in [6.07, 6.45) is -4.74. The van der Waals surface area contributed by atoms with Crippen LogP contribution in [0.3, 0.4) is 0 Å². The van der Waals surface area contributed by atoms with Crippen LogP contribution in [0.5, 0.6) is 5.75 Å². The number of nitrogens with one attached hydrogen (secondary N) is 2. The second-order valence-corrected chi connectivity index (χ2v) is 5.36. The number of carbonyl (C=O) groups excluding carboxylic acids is 1. The van der Waals surface area contributed by atoms with Crippen LogP contribution >= 0.6 is 0 Å². The third-order valence-electron chi connectivity index (χ3n) is 2.85. The van der Waals surface area contributed by atoms with Crippen molar-refractivity contribution in [2.45, 2.75) is 20.2 Å². The number of nitrogens with two attached hydrogens (primary N) is 1. The molecule has 4 N–H and O–H groups in total. The molecule has 9 heteroatoms. The van der Waals surface area contributed by atoms with Crippen molar-refractivity contribution in [2.24, 2.45) is 16.1 Å². The molecule has 0 saturated carbocycles. The first-order chi connectivity index (χ1) is 10.5. The molecule has 0 radical (unpaired) electrons. The van der Waals surface area contributed by atoms with Gasteiger partial charge in [-0.3, -0.25) is 9.79 Å². The van der Waals surface area contributed by atoms with Crippen molar-refractivity contribution in [1.29, 1.82) is 0 Å². The number of anilines is 1. The monoisotopic (exact) mass is 332 g/mol. The third kappa shape index (κ3) is 6.45. The number of guanidine groups is 1. The number of nitrogens with zero attached hydrogens (tertiary/aromatic N) is 1. The van der Waals surface area contributed by atoms with Gasteiger partial charge in [-0.1, -0.05) is 0 Å². The second kappa shape index (κ2) is 7.21. The van der Waals surface area contributed by atoms with Crippen molar-refractivity contribution in [1.82, 2.24) is 5.32 Å². The minimum Gasteiger partial charge on any atom is -0.406 e. The van der Waals surface area contributed by atoms with E-state index in [1.807, 2.05) is 0 Å². The smallest absolute Gasteiger partial charge is 0.406 e. The molecular formula is C14H19F3N4O2. The predicted molar refractivity (Wildman–Crippen MR) is 81.1 cm³/mol. The maximum absolute atomic E-state index is 12.0. The number of carbonyl (C=O) groups is 1. The van der Waals surface area contributed by atoms with Crippen LogP contribution in [0.25, 0.3) is 0 Å². The maximum atomic E-state index is 12.0. The molecule has 0 fully saturated rings. The van der Waals surface area contributed by atoms with Crippen molar-refractivity contribution in [2.75, 3.05) is 18.9 Å². The zero-order valence-corrected chi connectivity index (χ0v) is 13.0. The Morgan fingerprint density at radius 2 is 1.83 bits per heavy atom. The number of alkyl halides is 3. The number of hydrogen-bond acceptors (Lipinski definition) is 3. The van der Waals surface area contributed by atoms with Crippen LogP contribution in [0.1, 0.15) is 13.8 Å². The van der Waals surface area contributed by atoms with Crippen molar-refractivity contribution in [3.8, 4) is 5.75 Å². The molecule has 1 aromatic rings. The SMILES string of the molecule is CNC(=O)C(C)(C)CN=C(N)Nc1ccc(OC(F)(F)F)cc1. The number of benzene rings is 1. The maximum Gasteiger partial charge on any atom is 0.573 e. The number of halogens is 3. The zero-order chi connectivity index (χ0) is 17.7. The molecule has 23 heavy (non-hydrogen) atoms. The molecule has 0 unspecified atom stereocenters. The van der Waals surface area contributed by atoms with Gasteiger partial charge in [-0.15, -0.1) is 13.2 Å². The van der Waals surface area contributed by atoms with Crippen LogP contribution in [-0.4, -0.2) is 31.8 Å². The number of rotatable bonds is 5. The largest absolute Gasteiger partial charge is 0.573 e. The molecule has 1 rings (SSSR count). The van der Waals surface area contributed by atoms with Gasteiger partial charge in [0.05, 0.1) is 12.0 Å². The highest BCUT2D eigenvalue weighted by Crippen LogP contribution is 2.24. The molecule has 0 aliphatic rings. The third-order valence-corrected chi connectivity index (χ3v) is 2.85. The summed E-state index contributed by atoms with van der Waals surface area (Å²) in [5, 5.41) is 5.25. The normalized spacial score (nSPS) is 12.7. The highest BCUT2D eigenvalue weighted by molar-refractivity contribution is 5.92. The molecule has 128 valence electrons. The Hall–Kier alpha value is -2.45. The molecule has 0 heterocycles. The molecule has 1 aromatic carbocycles. The average molecular weight is 332 g/mol. The fraction of sp³-hybridized carbons (Fsp3) is 0.429. The minimum absolute atomic E-state index is 0.0477. The van der Waals surface area contributed by atoms with E-state index in [0.717, 1.165) is 12.1 Å². The van der Waals surface area contributed by atoms with Crippen LogP contribution in [-0.2, 0) is 4.79 Å². The Kier molecular flexibility index (Phi) is 5.83. The lowest BCUT2D eigenvalue weighted by molar-refractivity contribution is -0.274. The van der Waals surface area contributed by atoms with E-state index in [9.17, 15) is 18.0 Å². The van der Waals surface area contributed by atoms with Crippen LogP contribution < -0.4 is 21.1 Å². The van der Waals surface area contributed by atoms with Crippen LogP contribution in [0.2, 0.25) is 0 Å². The lowest BCUT2D eigenvalue weighted by Crippen LogP contribution is -2.37. The van der Waals surface area contributed by atoms with Gasteiger partial charge in [-0.25, -0.2) is 0 Å². The van der Waals surface area contributed by atoms with Gasteiger partial charge in [0, 0.05) is 12.7 Å². The van der Waals surface area contributed by atoms with Crippen LogP contribution in [0, 0.1) is 5.41 Å². The van der Waals surface area contributed by atoms with Crippen molar-refractivity contribution < 1.29 is 22.7 Å². The van der Waals surface area contributed by atoms with Gasteiger partial charge in [0.1, 0.15) is 5.75 Å². The first-order valence-corrected chi connectivity index (χ1v) is 6.68. The highest BCUT2D eigenvalue weighted by Gasteiger charge is 2.31. The summed E-state index contributed by atoms with van der Waals surface area (Å²) < 4.78 is 39.9. The second-order valence-electron chi connectivity index (χ2n) is 5.36. The predicted octanol–water partition coefficient (Wildman–Crippen LogP) is 2.08. The van der Waals surface area contributed by atoms with Crippen LogP contribution in [0.4, 0.5) is 18.9 Å². The van der Waals surface area contributed by atoms with Crippen molar-refractivity contribution in [3.05, 3.63) is 24.3 Å². The molecule has 0 atom stereocenters. The first-order valence-electron chi connectivity index (χ1n) is 6.68. The molecule has 0 aromatic heterocycles. The summed E-state index contributed by atoms with van der Waals surface area (Å²) >= 11 is 0. The molecule has 0 aliphatic heterocycles. The van der Waals surface area contributed by atoms with Gasteiger partial charge < -0.3 is 21.1 Å². The van der Waals surface area contributed by atoms with Crippen molar-refractivity contribution in [3.63, 3.8) is 0 Å². The molecule has 0 spiro atoms. The standard InChI is InChI=1S/C14H19F3N4O2/c1-13(2,11(22)19-3)8-20-12(18)21-9-4-6-10(7-5-9)23-14(15,16)17/h4-7H,8H2,1-3H3,(H,19,22)(H3,18,20,21). The van der Waals surface area contributed by atoms with E-state index in [0.29, 0.717) is 5.69 Å². The van der Waals surface area contributed by atoms with E-state index >= 15 is 0 Å². The summed E-state index contributed by atoms with van der Waals surface area (Å²) in [7, 11) is 1.53. The Bertz CT molecular complexity index is 568. The summed E-state index contributed by atoms with van der Waals surface area (Å²) in [5.41, 5.74) is 5.40. The Morgan fingerprint density at radius 1 is 1.26 bits per heavy atom. The van der Waals surface area contributed by atoms with Gasteiger partial charge in [0.15, 0.2) is 5.96 Å². The number of hydrogen-bond donors (Lipinski definition) is 3. The van der Waals surface area contributed by atoms with E-state index < -0.39 is 11.8 Å². The van der Waals surface area contributed by atoms with Gasteiger partial charge in [0.25, 0.3) is 0 Å². The van der Waals surface area contributed by atoms with E-state index in [1.54, 1.807) is 13.8 Å². The summed E-state index contributed by atoms with van der Waals surface area (Å²) in [4.78, 5) is 15.7. The Balaban J connectivity index is 2.65. The molecule has 0 aliphatic carbocycles. The van der Waals surface area contributed by atoms with Crippen molar-refractivity contribution >= 4 is 17.6 Å².